The highest BCUT2D eigenvalue weighted by Gasteiger charge is 2.39. The van der Waals surface area contributed by atoms with Gasteiger partial charge in [-0.25, -0.2) is 4.98 Å². The van der Waals surface area contributed by atoms with Crippen molar-refractivity contribution >= 4 is 40.9 Å². The van der Waals surface area contributed by atoms with Crippen LogP contribution in [0.3, 0.4) is 0 Å². The van der Waals surface area contributed by atoms with E-state index in [-0.39, 0.29) is 24.8 Å². The summed E-state index contributed by atoms with van der Waals surface area (Å²) in [5, 5.41) is 8.74. The van der Waals surface area contributed by atoms with Crippen molar-refractivity contribution < 1.29 is 19.1 Å². The Bertz CT molecular complexity index is 1280. The molecule has 2 aliphatic heterocycles. The van der Waals surface area contributed by atoms with E-state index in [2.05, 4.69) is 25.9 Å². The summed E-state index contributed by atoms with van der Waals surface area (Å²) >= 11 is 0. The molecular weight excluding hydrogens is 436 g/mol. The van der Waals surface area contributed by atoms with E-state index in [1.807, 2.05) is 30.3 Å². The molecule has 10 heteroatoms. The molecule has 1 aromatic heterocycles. The van der Waals surface area contributed by atoms with Crippen LogP contribution in [0, 0.1) is 0 Å². The topological polar surface area (TPSA) is 126 Å². The third kappa shape index (κ3) is 4.13. The van der Waals surface area contributed by atoms with Gasteiger partial charge in [-0.2, -0.15) is 4.98 Å². The predicted molar refractivity (Wildman–Crippen MR) is 124 cm³/mol. The molecule has 34 heavy (non-hydrogen) atoms. The van der Waals surface area contributed by atoms with E-state index in [4.69, 9.17) is 4.74 Å². The third-order valence-corrected chi connectivity index (χ3v) is 5.85. The van der Waals surface area contributed by atoms with Crippen molar-refractivity contribution in [2.24, 2.45) is 0 Å². The van der Waals surface area contributed by atoms with Crippen LogP contribution in [0.2, 0.25) is 0 Å². The summed E-state index contributed by atoms with van der Waals surface area (Å²) in [7, 11) is 1.61. The molecule has 3 N–H and O–H groups in total. The molecule has 1 unspecified atom stereocenters. The van der Waals surface area contributed by atoms with Gasteiger partial charge in [0.1, 0.15) is 17.6 Å². The largest absolute Gasteiger partial charge is 0.497 e. The van der Waals surface area contributed by atoms with E-state index < -0.39 is 11.9 Å². The number of hydrogen-bond acceptors (Lipinski definition) is 8. The minimum atomic E-state index is -0.662. The number of amides is 3. The molecule has 5 rings (SSSR count). The monoisotopic (exact) mass is 458 g/mol. The first kappa shape index (κ1) is 21.4. The van der Waals surface area contributed by atoms with Gasteiger partial charge in [-0.1, -0.05) is 6.07 Å². The third-order valence-electron chi connectivity index (χ3n) is 5.85. The number of nitrogens with one attached hydrogen (secondary N) is 3. The molecule has 10 nitrogen and oxygen atoms in total. The van der Waals surface area contributed by atoms with Crippen LogP contribution in [0.25, 0.3) is 0 Å². The standard InChI is InChI=1S/C24H22N6O4/c1-34-15-7-5-14(6-8-15)26-24-25-12-11-20(28-24)27-18-4-2-3-16-17(18)13-30(23(16)33)19-9-10-21(31)29-22(19)32/h2-8,11-12,19H,9-10,13H2,1H3,(H,29,31,32)(H2,25,26,27,28). The highest BCUT2D eigenvalue weighted by molar-refractivity contribution is 6.06. The lowest BCUT2D eigenvalue weighted by Crippen LogP contribution is -2.52. The number of benzene rings is 2. The molecule has 0 radical (unpaired) electrons. The van der Waals surface area contributed by atoms with Crippen LogP contribution in [-0.2, 0) is 16.1 Å². The first-order valence-corrected chi connectivity index (χ1v) is 10.8. The summed E-state index contributed by atoms with van der Waals surface area (Å²) in [5.74, 6) is 0.737. The highest BCUT2D eigenvalue weighted by Crippen LogP contribution is 2.33. The molecule has 0 saturated carbocycles. The van der Waals surface area contributed by atoms with Crippen LogP contribution in [0.1, 0.15) is 28.8 Å². The number of imide groups is 1. The average Bonchev–Trinajstić information content (AvgIpc) is 3.17. The van der Waals surface area contributed by atoms with Crippen LogP contribution < -0.4 is 20.7 Å². The number of rotatable bonds is 6. The smallest absolute Gasteiger partial charge is 0.255 e. The van der Waals surface area contributed by atoms with Gasteiger partial charge < -0.3 is 20.3 Å². The summed E-state index contributed by atoms with van der Waals surface area (Å²) in [4.78, 5) is 47.1. The zero-order valence-corrected chi connectivity index (χ0v) is 18.4. The molecule has 172 valence electrons. The predicted octanol–water partition coefficient (Wildman–Crippen LogP) is 2.73. The van der Waals surface area contributed by atoms with E-state index in [0.29, 0.717) is 23.8 Å². The maximum absolute atomic E-state index is 13.0. The van der Waals surface area contributed by atoms with Gasteiger partial charge in [-0.3, -0.25) is 19.7 Å². The van der Waals surface area contributed by atoms with E-state index in [0.717, 1.165) is 22.7 Å². The van der Waals surface area contributed by atoms with E-state index >= 15 is 0 Å². The van der Waals surface area contributed by atoms with Crippen LogP contribution >= 0.6 is 0 Å². The van der Waals surface area contributed by atoms with Crippen LogP contribution in [0.15, 0.2) is 54.7 Å². The number of anilines is 4. The Balaban J connectivity index is 1.34. The number of carbonyl (C=O) groups is 3. The van der Waals surface area contributed by atoms with Crippen molar-refractivity contribution in [2.45, 2.75) is 25.4 Å². The Morgan fingerprint density at radius 1 is 1.06 bits per heavy atom. The number of ether oxygens (including phenoxy) is 1. The number of piperidine rings is 1. The quantitative estimate of drug-likeness (QED) is 0.482. The van der Waals surface area contributed by atoms with Gasteiger partial charge in [-0.05, 0) is 48.9 Å². The van der Waals surface area contributed by atoms with Gasteiger partial charge in [-0.15, -0.1) is 0 Å². The second-order valence-corrected chi connectivity index (χ2v) is 7.98. The Hall–Kier alpha value is -4.47. The Morgan fingerprint density at radius 3 is 2.65 bits per heavy atom. The van der Waals surface area contributed by atoms with Gasteiger partial charge in [0, 0.05) is 41.7 Å². The normalized spacial score (nSPS) is 17.3. The molecule has 2 aliphatic rings. The molecule has 3 amide bonds. The van der Waals surface area contributed by atoms with Crippen molar-refractivity contribution in [3.63, 3.8) is 0 Å². The fourth-order valence-electron chi connectivity index (χ4n) is 4.13. The molecule has 1 fully saturated rings. The van der Waals surface area contributed by atoms with Crippen molar-refractivity contribution in [1.82, 2.24) is 20.2 Å². The van der Waals surface area contributed by atoms with Gasteiger partial charge in [0.05, 0.1) is 7.11 Å². The Labute approximate surface area is 195 Å². The van der Waals surface area contributed by atoms with Crippen molar-refractivity contribution in [2.75, 3.05) is 17.7 Å². The molecule has 3 aromatic rings. The van der Waals surface area contributed by atoms with Crippen molar-refractivity contribution in [1.29, 1.82) is 0 Å². The zero-order chi connectivity index (χ0) is 23.7. The number of aromatic nitrogens is 2. The average molecular weight is 458 g/mol. The van der Waals surface area contributed by atoms with E-state index in [1.54, 1.807) is 31.5 Å². The minimum Gasteiger partial charge on any atom is -0.497 e. The van der Waals surface area contributed by atoms with Gasteiger partial charge in [0.2, 0.25) is 17.8 Å². The summed E-state index contributed by atoms with van der Waals surface area (Å²) in [6.07, 6.45) is 2.16. The lowest BCUT2D eigenvalue weighted by Gasteiger charge is -2.29. The number of methoxy groups -OCH3 is 1. The number of hydrogen-bond donors (Lipinski definition) is 3. The molecule has 0 bridgehead atoms. The highest BCUT2D eigenvalue weighted by atomic mass is 16.5. The summed E-state index contributed by atoms with van der Waals surface area (Å²) < 4.78 is 5.17. The van der Waals surface area contributed by atoms with Crippen LogP contribution in [-0.4, -0.2) is 45.7 Å². The lowest BCUT2D eigenvalue weighted by atomic mass is 10.0. The molecule has 1 saturated heterocycles. The number of nitrogens with zero attached hydrogens (tertiary/aromatic N) is 3. The first-order valence-electron chi connectivity index (χ1n) is 10.8. The van der Waals surface area contributed by atoms with Crippen molar-refractivity contribution in [3.05, 3.63) is 65.9 Å². The lowest BCUT2D eigenvalue weighted by molar-refractivity contribution is -0.136. The second-order valence-electron chi connectivity index (χ2n) is 7.98. The Morgan fingerprint density at radius 2 is 1.88 bits per heavy atom. The van der Waals surface area contributed by atoms with E-state index in [9.17, 15) is 14.4 Å². The minimum absolute atomic E-state index is 0.215. The maximum atomic E-state index is 13.0. The fourth-order valence-corrected chi connectivity index (χ4v) is 4.13. The fraction of sp³-hybridized carbons (Fsp3) is 0.208. The molecule has 0 aliphatic carbocycles. The van der Waals surface area contributed by atoms with Gasteiger partial charge in [0.25, 0.3) is 5.91 Å². The van der Waals surface area contributed by atoms with E-state index in [1.165, 1.54) is 4.90 Å². The van der Waals surface area contributed by atoms with Crippen LogP contribution in [0.4, 0.5) is 23.1 Å². The SMILES string of the molecule is COc1ccc(Nc2nccc(Nc3cccc4c3CN(C3CCC(=O)NC3=O)C4=O)n2)cc1. The first-order chi connectivity index (χ1) is 16.5. The van der Waals surface area contributed by atoms with Gasteiger partial charge in [0.15, 0.2) is 0 Å². The van der Waals surface area contributed by atoms with Crippen LogP contribution in [0.5, 0.6) is 5.75 Å². The number of fused-ring (bicyclic) bond motifs is 1. The Kier molecular flexibility index (Phi) is 5.54. The maximum Gasteiger partial charge on any atom is 0.255 e. The molecular formula is C24H22N6O4. The molecule has 0 spiro atoms. The van der Waals surface area contributed by atoms with Crippen molar-refractivity contribution in [3.8, 4) is 5.75 Å². The molecule has 2 aromatic carbocycles. The zero-order valence-electron chi connectivity index (χ0n) is 18.4. The summed E-state index contributed by atoms with van der Waals surface area (Å²) in [6.45, 7) is 0.270. The second kappa shape index (κ2) is 8.81. The van der Waals surface area contributed by atoms with Gasteiger partial charge >= 0.3 is 0 Å². The number of carbonyl (C=O) groups excluding carboxylic acids is 3. The summed E-state index contributed by atoms with van der Waals surface area (Å²) in [6, 6.07) is 13.8. The molecule has 1 atom stereocenters. The summed E-state index contributed by atoms with van der Waals surface area (Å²) in [5.41, 5.74) is 2.83. The molecule has 3 heterocycles.